The first-order valence-electron chi connectivity index (χ1n) is 4.89. The van der Waals surface area contributed by atoms with Gasteiger partial charge >= 0.3 is 6.18 Å². The predicted molar refractivity (Wildman–Crippen MR) is 50.6 cm³/mol. The summed E-state index contributed by atoms with van der Waals surface area (Å²) in [6, 6.07) is 0. The highest BCUT2D eigenvalue weighted by Gasteiger charge is 2.27. The van der Waals surface area contributed by atoms with Gasteiger partial charge in [0.05, 0.1) is 0 Å². The monoisotopic (exact) mass is 237 g/mol. The summed E-state index contributed by atoms with van der Waals surface area (Å²) in [5, 5.41) is 7.35. The van der Waals surface area contributed by atoms with Crippen LogP contribution in [0.4, 0.5) is 13.2 Å². The van der Waals surface area contributed by atoms with Crippen molar-refractivity contribution in [2.75, 3.05) is 6.61 Å². The number of nitrogens with zero attached hydrogens (tertiary/aromatic N) is 3. The summed E-state index contributed by atoms with van der Waals surface area (Å²) in [7, 11) is 0. The van der Waals surface area contributed by atoms with Gasteiger partial charge in [0, 0.05) is 6.54 Å². The molecule has 0 N–H and O–H groups in total. The van der Waals surface area contributed by atoms with Gasteiger partial charge in [-0.2, -0.15) is 13.2 Å². The van der Waals surface area contributed by atoms with Crippen LogP contribution in [-0.2, 0) is 17.9 Å². The SMILES string of the molecule is CC(C)Cn1cnnc1COCC(F)(F)F. The molecule has 0 saturated carbocycles. The molecule has 0 amide bonds. The van der Waals surface area contributed by atoms with Crippen molar-refractivity contribution >= 4 is 0 Å². The van der Waals surface area contributed by atoms with Gasteiger partial charge in [0.25, 0.3) is 0 Å². The lowest BCUT2D eigenvalue weighted by molar-refractivity contribution is -0.177. The van der Waals surface area contributed by atoms with Gasteiger partial charge in [0.1, 0.15) is 19.5 Å². The van der Waals surface area contributed by atoms with Crippen molar-refractivity contribution in [2.24, 2.45) is 5.92 Å². The van der Waals surface area contributed by atoms with Crippen LogP contribution in [0.2, 0.25) is 0 Å². The van der Waals surface area contributed by atoms with Crippen LogP contribution in [0.3, 0.4) is 0 Å². The van der Waals surface area contributed by atoms with Crippen molar-refractivity contribution in [1.29, 1.82) is 0 Å². The maximum atomic E-state index is 11.8. The van der Waals surface area contributed by atoms with Gasteiger partial charge in [-0.1, -0.05) is 13.8 Å². The Morgan fingerprint density at radius 1 is 1.44 bits per heavy atom. The number of rotatable bonds is 5. The van der Waals surface area contributed by atoms with E-state index in [0.717, 1.165) is 0 Å². The molecule has 1 rings (SSSR count). The van der Waals surface area contributed by atoms with Gasteiger partial charge in [-0.05, 0) is 5.92 Å². The zero-order chi connectivity index (χ0) is 12.2. The fraction of sp³-hybridized carbons (Fsp3) is 0.778. The molecule has 4 nitrogen and oxygen atoms in total. The van der Waals surface area contributed by atoms with E-state index < -0.39 is 12.8 Å². The Labute approximate surface area is 91.4 Å². The molecule has 0 aliphatic heterocycles. The Bertz CT molecular complexity index is 322. The molecule has 0 saturated heterocycles. The number of hydrogen-bond donors (Lipinski definition) is 0. The van der Waals surface area contributed by atoms with Gasteiger partial charge in [0.15, 0.2) is 5.82 Å². The van der Waals surface area contributed by atoms with Crippen molar-refractivity contribution in [1.82, 2.24) is 14.8 Å². The first-order valence-corrected chi connectivity index (χ1v) is 4.89. The van der Waals surface area contributed by atoms with Crippen LogP contribution in [0.1, 0.15) is 19.7 Å². The largest absolute Gasteiger partial charge is 0.411 e. The van der Waals surface area contributed by atoms with Crippen molar-refractivity contribution < 1.29 is 17.9 Å². The van der Waals surface area contributed by atoms with Gasteiger partial charge < -0.3 is 9.30 Å². The number of alkyl halides is 3. The molecule has 0 radical (unpaired) electrons. The average Bonchev–Trinajstić information content (AvgIpc) is 2.49. The lowest BCUT2D eigenvalue weighted by Gasteiger charge is -2.10. The summed E-state index contributed by atoms with van der Waals surface area (Å²) in [5.41, 5.74) is 0. The lowest BCUT2D eigenvalue weighted by atomic mass is 10.2. The normalized spacial score (nSPS) is 12.4. The van der Waals surface area contributed by atoms with E-state index in [0.29, 0.717) is 18.3 Å². The highest BCUT2D eigenvalue weighted by Crippen LogP contribution is 2.15. The number of ether oxygens (including phenoxy) is 1. The second-order valence-corrected chi connectivity index (χ2v) is 3.90. The first-order chi connectivity index (χ1) is 7.38. The van der Waals surface area contributed by atoms with Crippen molar-refractivity contribution in [3.05, 3.63) is 12.2 Å². The van der Waals surface area contributed by atoms with E-state index in [-0.39, 0.29) is 6.61 Å². The van der Waals surface area contributed by atoms with Crippen LogP contribution >= 0.6 is 0 Å². The standard InChI is InChI=1S/C9H14F3N3O/c1-7(2)3-15-6-13-14-8(15)4-16-5-9(10,11)12/h6-7H,3-5H2,1-2H3. The van der Waals surface area contributed by atoms with Gasteiger partial charge in [-0.15, -0.1) is 10.2 Å². The molecule has 0 unspecified atom stereocenters. The third kappa shape index (κ3) is 4.61. The Balaban J connectivity index is 2.45. The zero-order valence-electron chi connectivity index (χ0n) is 9.16. The summed E-state index contributed by atoms with van der Waals surface area (Å²) >= 11 is 0. The fourth-order valence-corrected chi connectivity index (χ4v) is 1.19. The van der Waals surface area contributed by atoms with Crippen LogP contribution in [0.5, 0.6) is 0 Å². The smallest absolute Gasteiger partial charge is 0.364 e. The number of halogens is 3. The maximum absolute atomic E-state index is 11.8. The second-order valence-electron chi connectivity index (χ2n) is 3.90. The predicted octanol–water partition coefficient (Wildman–Crippen LogP) is 2.01. The van der Waals surface area contributed by atoms with E-state index in [4.69, 9.17) is 0 Å². The maximum Gasteiger partial charge on any atom is 0.411 e. The van der Waals surface area contributed by atoms with Crippen LogP contribution in [0, 0.1) is 5.92 Å². The molecule has 1 heterocycles. The van der Waals surface area contributed by atoms with Crippen molar-refractivity contribution in [3.8, 4) is 0 Å². The van der Waals surface area contributed by atoms with Crippen LogP contribution in [-0.4, -0.2) is 27.5 Å². The molecular formula is C9H14F3N3O. The third-order valence-electron chi connectivity index (χ3n) is 1.75. The van der Waals surface area contributed by atoms with E-state index in [1.807, 2.05) is 13.8 Å². The molecule has 0 aromatic carbocycles. The zero-order valence-corrected chi connectivity index (χ0v) is 9.16. The molecule has 1 aromatic heterocycles. The highest BCUT2D eigenvalue weighted by molar-refractivity contribution is 4.83. The van der Waals surface area contributed by atoms with E-state index >= 15 is 0 Å². The third-order valence-corrected chi connectivity index (χ3v) is 1.75. The summed E-state index contributed by atoms with van der Waals surface area (Å²) in [4.78, 5) is 0. The summed E-state index contributed by atoms with van der Waals surface area (Å²) in [5.74, 6) is 0.787. The molecule has 0 atom stereocenters. The van der Waals surface area contributed by atoms with Gasteiger partial charge in [0.2, 0.25) is 0 Å². The van der Waals surface area contributed by atoms with E-state index in [1.54, 1.807) is 4.57 Å². The minimum absolute atomic E-state index is 0.174. The quantitative estimate of drug-likeness (QED) is 0.786. The Hall–Kier alpha value is -1.11. The average molecular weight is 237 g/mol. The second kappa shape index (κ2) is 5.29. The minimum Gasteiger partial charge on any atom is -0.364 e. The molecule has 0 aliphatic carbocycles. The molecule has 1 aromatic rings. The Kier molecular flexibility index (Phi) is 4.28. The van der Waals surface area contributed by atoms with Gasteiger partial charge in [-0.3, -0.25) is 0 Å². The summed E-state index contributed by atoms with van der Waals surface area (Å²) in [6.45, 7) is 3.23. The molecule has 0 fully saturated rings. The van der Waals surface area contributed by atoms with E-state index in [9.17, 15) is 13.2 Å². The molecular weight excluding hydrogens is 223 g/mol. The Morgan fingerprint density at radius 3 is 2.69 bits per heavy atom. The topological polar surface area (TPSA) is 39.9 Å². The first kappa shape index (κ1) is 13.0. The van der Waals surface area contributed by atoms with Crippen LogP contribution < -0.4 is 0 Å². The Morgan fingerprint density at radius 2 is 2.12 bits per heavy atom. The van der Waals surface area contributed by atoms with Crippen LogP contribution in [0.15, 0.2) is 6.33 Å². The van der Waals surface area contributed by atoms with E-state index in [1.165, 1.54) is 6.33 Å². The van der Waals surface area contributed by atoms with Crippen LogP contribution in [0.25, 0.3) is 0 Å². The highest BCUT2D eigenvalue weighted by atomic mass is 19.4. The molecule has 0 bridgehead atoms. The minimum atomic E-state index is -4.30. The molecule has 7 heteroatoms. The van der Waals surface area contributed by atoms with E-state index in [2.05, 4.69) is 14.9 Å². The molecule has 16 heavy (non-hydrogen) atoms. The van der Waals surface area contributed by atoms with Crippen molar-refractivity contribution in [3.63, 3.8) is 0 Å². The summed E-state index contributed by atoms with van der Waals surface area (Å²) < 4.78 is 41.7. The fourth-order valence-electron chi connectivity index (χ4n) is 1.19. The van der Waals surface area contributed by atoms with Crippen molar-refractivity contribution in [2.45, 2.75) is 33.2 Å². The molecule has 92 valence electrons. The summed E-state index contributed by atoms with van der Waals surface area (Å²) in [6.07, 6.45) is -2.81. The molecule has 0 spiro atoms. The molecule has 0 aliphatic rings. The number of aromatic nitrogens is 3. The lowest BCUT2D eigenvalue weighted by Crippen LogP contribution is -2.18. The number of hydrogen-bond acceptors (Lipinski definition) is 3. The van der Waals surface area contributed by atoms with Gasteiger partial charge in [-0.25, -0.2) is 0 Å².